The molecule has 1 aromatic heterocycles. The maximum Gasteiger partial charge on any atom is 0.125 e. The minimum absolute atomic E-state index is 0.779. The molecule has 0 atom stereocenters. The highest BCUT2D eigenvalue weighted by molar-refractivity contribution is 5.95. The number of hydrogen-bond donors (Lipinski definition) is 0. The molecule has 0 radical (unpaired) electrons. The van der Waals surface area contributed by atoms with E-state index in [9.17, 15) is 0 Å². The van der Waals surface area contributed by atoms with Crippen molar-refractivity contribution in [2.45, 2.75) is 13.8 Å². The number of aliphatic imine (C=N–C) groups is 1. The van der Waals surface area contributed by atoms with Gasteiger partial charge in [-0.3, -0.25) is 4.99 Å². The number of benzene rings is 1. The predicted molar refractivity (Wildman–Crippen MR) is 89.4 cm³/mol. The molecular weight excluding hydrogens is 258 g/mol. The van der Waals surface area contributed by atoms with Gasteiger partial charge in [0.25, 0.3) is 0 Å². The highest BCUT2D eigenvalue weighted by Crippen LogP contribution is 2.21. The maximum absolute atomic E-state index is 4.22. The summed E-state index contributed by atoms with van der Waals surface area (Å²) in [7, 11) is 1.78. The summed E-state index contributed by atoms with van der Waals surface area (Å²) in [4.78, 5) is 12.5. The van der Waals surface area contributed by atoms with Crippen molar-refractivity contribution in [3.8, 4) is 11.1 Å². The van der Waals surface area contributed by atoms with Crippen LogP contribution in [-0.4, -0.2) is 22.7 Å². The molecule has 3 nitrogen and oxygen atoms in total. The van der Waals surface area contributed by atoms with Crippen molar-refractivity contribution in [1.29, 1.82) is 0 Å². The zero-order chi connectivity index (χ0) is 15.2. The van der Waals surface area contributed by atoms with Gasteiger partial charge in [0.15, 0.2) is 0 Å². The topological polar surface area (TPSA) is 38.1 Å². The highest BCUT2D eigenvalue weighted by atomic mass is 14.8. The van der Waals surface area contributed by atoms with Gasteiger partial charge in [-0.2, -0.15) is 0 Å². The molecule has 3 heteroatoms. The standard InChI is InChI=1S/C18H19N3/c1-13(5-6-14(2)19-4)16-7-9-17(10-8-16)18-11-20-15(3)21-12-18/h5-12H,1H2,2-4H3/b6-5-,19-14?. The minimum Gasteiger partial charge on any atom is -0.293 e. The lowest BCUT2D eigenvalue weighted by Gasteiger charge is -2.04. The number of rotatable bonds is 4. The van der Waals surface area contributed by atoms with E-state index in [1.807, 2.05) is 38.4 Å². The molecule has 21 heavy (non-hydrogen) atoms. The smallest absolute Gasteiger partial charge is 0.125 e. The zero-order valence-electron chi connectivity index (χ0n) is 12.7. The molecule has 0 N–H and O–H groups in total. The van der Waals surface area contributed by atoms with Crippen LogP contribution < -0.4 is 0 Å². The van der Waals surface area contributed by atoms with Crippen LogP contribution in [0.3, 0.4) is 0 Å². The Balaban J connectivity index is 2.17. The second-order valence-electron chi connectivity index (χ2n) is 4.82. The van der Waals surface area contributed by atoms with E-state index >= 15 is 0 Å². The predicted octanol–water partition coefficient (Wildman–Crippen LogP) is 4.11. The molecule has 0 fully saturated rings. The Kier molecular flexibility index (Phi) is 4.77. The minimum atomic E-state index is 0.779. The molecule has 0 unspecified atom stereocenters. The van der Waals surface area contributed by atoms with Crippen molar-refractivity contribution < 1.29 is 0 Å². The van der Waals surface area contributed by atoms with E-state index in [-0.39, 0.29) is 0 Å². The van der Waals surface area contributed by atoms with Crippen molar-refractivity contribution in [2.24, 2.45) is 4.99 Å². The van der Waals surface area contributed by atoms with Crippen molar-refractivity contribution in [2.75, 3.05) is 7.05 Å². The summed E-state index contributed by atoms with van der Waals surface area (Å²) in [5.41, 5.74) is 5.14. The molecule has 0 aliphatic carbocycles. The molecule has 0 amide bonds. The summed E-state index contributed by atoms with van der Waals surface area (Å²) in [6.45, 7) is 7.92. The van der Waals surface area contributed by atoms with Gasteiger partial charge in [-0.05, 0) is 36.6 Å². The molecule has 0 aliphatic rings. The number of aryl methyl sites for hydroxylation is 1. The number of hydrogen-bond acceptors (Lipinski definition) is 3. The van der Waals surface area contributed by atoms with Gasteiger partial charge in [0.1, 0.15) is 5.82 Å². The van der Waals surface area contributed by atoms with E-state index in [2.05, 4.69) is 45.8 Å². The monoisotopic (exact) mass is 277 g/mol. The molecule has 0 aliphatic heterocycles. The van der Waals surface area contributed by atoms with Crippen molar-refractivity contribution in [3.63, 3.8) is 0 Å². The Morgan fingerprint density at radius 3 is 2.24 bits per heavy atom. The number of allylic oxidation sites excluding steroid dienone is 3. The SMILES string of the molecule is C=C(/C=C\C(C)=NC)c1ccc(-c2cnc(C)nc2)cc1. The summed E-state index contributed by atoms with van der Waals surface area (Å²) in [5, 5.41) is 0. The lowest BCUT2D eigenvalue weighted by atomic mass is 10.0. The normalized spacial score (nSPS) is 11.9. The summed E-state index contributed by atoms with van der Waals surface area (Å²) >= 11 is 0. The van der Waals surface area contributed by atoms with Crippen molar-refractivity contribution >= 4 is 11.3 Å². The fraction of sp³-hybridized carbons (Fsp3) is 0.167. The molecular formula is C18H19N3. The summed E-state index contributed by atoms with van der Waals surface area (Å²) in [5.74, 6) is 0.779. The van der Waals surface area contributed by atoms with Gasteiger partial charge in [0, 0.05) is 30.7 Å². The van der Waals surface area contributed by atoms with Gasteiger partial charge < -0.3 is 0 Å². The van der Waals surface area contributed by atoms with E-state index in [0.29, 0.717) is 0 Å². The lowest BCUT2D eigenvalue weighted by Crippen LogP contribution is -1.88. The molecule has 1 heterocycles. The average Bonchev–Trinajstić information content (AvgIpc) is 2.53. The second kappa shape index (κ2) is 6.75. The quantitative estimate of drug-likeness (QED) is 0.623. The van der Waals surface area contributed by atoms with E-state index < -0.39 is 0 Å². The Hall–Kier alpha value is -2.55. The third-order valence-corrected chi connectivity index (χ3v) is 3.25. The summed E-state index contributed by atoms with van der Waals surface area (Å²) in [6, 6.07) is 8.23. The lowest BCUT2D eigenvalue weighted by molar-refractivity contribution is 1.06. The molecule has 0 bridgehead atoms. The van der Waals surface area contributed by atoms with Crippen LogP contribution in [0.1, 0.15) is 18.3 Å². The largest absolute Gasteiger partial charge is 0.293 e. The highest BCUT2D eigenvalue weighted by Gasteiger charge is 2.00. The second-order valence-corrected chi connectivity index (χ2v) is 4.82. The van der Waals surface area contributed by atoms with E-state index in [0.717, 1.165) is 33.8 Å². The fourth-order valence-electron chi connectivity index (χ4n) is 1.81. The Morgan fingerprint density at radius 2 is 1.67 bits per heavy atom. The molecule has 2 rings (SSSR count). The van der Waals surface area contributed by atoms with Crippen LogP contribution >= 0.6 is 0 Å². The first-order valence-electron chi connectivity index (χ1n) is 6.80. The maximum atomic E-state index is 4.22. The van der Waals surface area contributed by atoms with Crippen molar-refractivity contribution in [1.82, 2.24) is 9.97 Å². The van der Waals surface area contributed by atoms with Gasteiger partial charge in [0.05, 0.1) is 0 Å². The molecule has 2 aromatic rings. The Morgan fingerprint density at radius 1 is 1.05 bits per heavy atom. The Labute approximate surface area is 125 Å². The van der Waals surface area contributed by atoms with Crippen LogP contribution in [0, 0.1) is 6.92 Å². The number of nitrogens with zero attached hydrogens (tertiary/aromatic N) is 3. The van der Waals surface area contributed by atoms with Gasteiger partial charge >= 0.3 is 0 Å². The molecule has 0 spiro atoms. The van der Waals surface area contributed by atoms with Gasteiger partial charge in [-0.1, -0.05) is 36.9 Å². The third kappa shape index (κ3) is 3.96. The zero-order valence-corrected chi connectivity index (χ0v) is 12.7. The Bertz CT molecular complexity index is 677. The average molecular weight is 277 g/mol. The van der Waals surface area contributed by atoms with Crippen LogP contribution in [0.4, 0.5) is 0 Å². The summed E-state index contributed by atoms with van der Waals surface area (Å²) < 4.78 is 0. The first-order chi connectivity index (χ1) is 10.1. The number of aromatic nitrogens is 2. The van der Waals surface area contributed by atoms with Crippen LogP contribution in [0.2, 0.25) is 0 Å². The van der Waals surface area contributed by atoms with E-state index in [1.165, 1.54) is 0 Å². The van der Waals surface area contributed by atoms with Gasteiger partial charge in [-0.25, -0.2) is 9.97 Å². The van der Waals surface area contributed by atoms with Crippen LogP contribution in [0.15, 0.2) is 60.4 Å². The molecule has 0 saturated carbocycles. The van der Waals surface area contributed by atoms with E-state index in [4.69, 9.17) is 0 Å². The first-order valence-corrected chi connectivity index (χ1v) is 6.80. The fourth-order valence-corrected chi connectivity index (χ4v) is 1.81. The third-order valence-electron chi connectivity index (χ3n) is 3.25. The van der Waals surface area contributed by atoms with Gasteiger partial charge in [-0.15, -0.1) is 0 Å². The van der Waals surface area contributed by atoms with E-state index in [1.54, 1.807) is 7.05 Å². The molecule has 1 aromatic carbocycles. The van der Waals surface area contributed by atoms with Gasteiger partial charge in [0.2, 0.25) is 0 Å². The molecule has 106 valence electrons. The first kappa shape index (κ1) is 14.9. The summed E-state index contributed by atoms with van der Waals surface area (Å²) in [6.07, 6.45) is 7.62. The van der Waals surface area contributed by atoms with Crippen LogP contribution in [0.5, 0.6) is 0 Å². The van der Waals surface area contributed by atoms with Crippen molar-refractivity contribution in [3.05, 3.63) is 66.8 Å². The molecule has 0 saturated heterocycles. The van der Waals surface area contributed by atoms with Crippen LogP contribution in [-0.2, 0) is 0 Å². The van der Waals surface area contributed by atoms with Crippen LogP contribution in [0.25, 0.3) is 16.7 Å².